The average Bonchev–Trinajstić information content (AvgIpc) is 3.40. The van der Waals surface area contributed by atoms with Crippen molar-refractivity contribution in [2.24, 2.45) is 0 Å². The average molecular weight is 607 g/mol. The number of nitrogens with zero attached hydrogens (tertiary/aromatic N) is 1. The van der Waals surface area contributed by atoms with E-state index in [0.717, 1.165) is 37.7 Å². The highest BCUT2D eigenvalue weighted by molar-refractivity contribution is 7.92. The van der Waals surface area contributed by atoms with Crippen LogP contribution in [0.5, 0.6) is 0 Å². The zero-order valence-electron chi connectivity index (χ0n) is 24.4. The standard InChI is InChI=1S/C31H46N4O4S.ClH/c1-3-14-31(15-8-9-16-31)33-23-29(36)28(19-24-12-6-5-7-13-24)34-30(37)25-20-26(32-4-2)22-27(21-25)35-17-10-11-18-40(35,38)39;/h5-7,12-13,20-22,28-29,32-33,36H,3-4,8-11,14-19,23H2,1-2H3,(H,34,37);1H/t28-,29+;/m0./s1. The van der Waals surface area contributed by atoms with Gasteiger partial charge in [0.1, 0.15) is 0 Å². The number of benzene rings is 2. The highest BCUT2D eigenvalue weighted by atomic mass is 35.5. The summed E-state index contributed by atoms with van der Waals surface area (Å²) in [6, 6.07) is 14.5. The minimum atomic E-state index is -3.43. The minimum Gasteiger partial charge on any atom is -0.390 e. The molecular formula is C31H47ClN4O4S. The van der Waals surface area contributed by atoms with Crippen molar-refractivity contribution in [3.8, 4) is 0 Å². The normalized spacial score (nSPS) is 19.1. The number of carbonyl (C=O) groups is 1. The monoisotopic (exact) mass is 606 g/mol. The molecule has 4 N–H and O–H groups in total. The van der Waals surface area contributed by atoms with Crippen molar-refractivity contribution in [3.05, 3.63) is 59.7 Å². The molecule has 1 heterocycles. The van der Waals surface area contributed by atoms with Gasteiger partial charge in [-0.25, -0.2) is 8.42 Å². The maximum atomic E-state index is 13.7. The van der Waals surface area contributed by atoms with E-state index in [1.54, 1.807) is 18.2 Å². The summed E-state index contributed by atoms with van der Waals surface area (Å²) < 4.78 is 27.1. The van der Waals surface area contributed by atoms with E-state index in [2.05, 4.69) is 22.9 Å². The highest BCUT2D eigenvalue weighted by Gasteiger charge is 2.34. The van der Waals surface area contributed by atoms with E-state index in [1.807, 2.05) is 37.3 Å². The summed E-state index contributed by atoms with van der Waals surface area (Å²) >= 11 is 0. The predicted octanol–water partition coefficient (Wildman–Crippen LogP) is 4.87. The molecule has 228 valence electrons. The van der Waals surface area contributed by atoms with Gasteiger partial charge in [0.15, 0.2) is 0 Å². The molecule has 8 nitrogen and oxygen atoms in total. The quantitative estimate of drug-likeness (QED) is 0.259. The molecule has 2 aromatic rings. The Kier molecular flexibility index (Phi) is 12.3. The molecule has 0 spiro atoms. The van der Waals surface area contributed by atoms with Gasteiger partial charge in [0.05, 0.1) is 23.6 Å². The van der Waals surface area contributed by atoms with Gasteiger partial charge in [0.25, 0.3) is 5.91 Å². The number of amides is 1. The van der Waals surface area contributed by atoms with Crippen LogP contribution in [0.3, 0.4) is 0 Å². The van der Waals surface area contributed by atoms with E-state index in [9.17, 15) is 18.3 Å². The minimum absolute atomic E-state index is 0. The molecule has 2 aliphatic rings. The number of rotatable bonds is 13. The molecule has 2 fully saturated rings. The van der Waals surface area contributed by atoms with Gasteiger partial charge in [-0.2, -0.15) is 0 Å². The van der Waals surface area contributed by atoms with E-state index in [4.69, 9.17) is 0 Å². The lowest BCUT2D eigenvalue weighted by atomic mass is 9.91. The summed E-state index contributed by atoms with van der Waals surface area (Å²) in [5.74, 6) is -0.225. The summed E-state index contributed by atoms with van der Waals surface area (Å²) in [5.41, 5.74) is 2.64. The Hall–Kier alpha value is -2.33. The van der Waals surface area contributed by atoms with Crippen LogP contribution < -0.4 is 20.3 Å². The first-order valence-corrected chi connectivity index (χ1v) is 16.5. The molecule has 1 aliphatic carbocycles. The number of hydrogen-bond donors (Lipinski definition) is 4. The number of hydrogen-bond acceptors (Lipinski definition) is 6. The fraction of sp³-hybridized carbons (Fsp3) is 0.581. The van der Waals surface area contributed by atoms with Crippen LogP contribution in [0.4, 0.5) is 11.4 Å². The van der Waals surface area contributed by atoms with Gasteiger partial charge in [-0.1, -0.05) is 56.5 Å². The maximum absolute atomic E-state index is 13.7. The number of β-amino-alcohol motifs (C(OH)–C–C–N with tert-alkyl or cyclic N) is 1. The molecule has 0 bridgehead atoms. The van der Waals surface area contributed by atoms with E-state index >= 15 is 0 Å². The molecular weight excluding hydrogens is 560 g/mol. The molecule has 4 rings (SSSR count). The van der Waals surface area contributed by atoms with Crippen LogP contribution in [0.15, 0.2) is 48.5 Å². The zero-order valence-corrected chi connectivity index (χ0v) is 26.0. The van der Waals surface area contributed by atoms with Crippen molar-refractivity contribution in [2.45, 2.75) is 89.3 Å². The number of aliphatic hydroxyl groups excluding tert-OH is 1. The molecule has 1 saturated carbocycles. The Labute approximate surface area is 252 Å². The maximum Gasteiger partial charge on any atom is 0.251 e. The molecule has 1 aliphatic heterocycles. The van der Waals surface area contributed by atoms with Crippen LogP contribution in [0.25, 0.3) is 0 Å². The molecule has 0 unspecified atom stereocenters. The molecule has 0 aromatic heterocycles. The molecule has 0 radical (unpaired) electrons. The number of carbonyl (C=O) groups excluding carboxylic acids is 1. The Morgan fingerprint density at radius 3 is 2.44 bits per heavy atom. The van der Waals surface area contributed by atoms with Crippen LogP contribution in [0, 0.1) is 0 Å². The largest absolute Gasteiger partial charge is 0.390 e. The Morgan fingerprint density at radius 1 is 1.05 bits per heavy atom. The molecule has 1 amide bonds. The second-order valence-corrected chi connectivity index (χ2v) is 13.4. The number of halogens is 1. The van der Waals surface area contributed by atoms with Crippen LogP contribution in [-0.4, -0.2) is 62.5 Å². The van der Waals surface area contributed by atoms with Crippen LogP contribution in [0.2, 0.25) is 0 Å². The van der Waals surface area contributed by atoms with E-state index in [0.29, 0.717) is 49.4 Å². The van der Waals surface area contributed by atoms with Gasteiger partial charge in [0.2, 0.25) is 10.0 Å². The second kappa shape index (κ2) is 15.2. The first kappa shape index (κ1) is 33.2. The van der Waals surface area contributed by atoms with Crippen molar-refractivity contribution in [1.82, 2.24) is 10.6 Å². The summed E-state index contributed by atoms with van der Waals surface area (Å²) in [7, 11) is -3.43. The third-order valence-electron chi connectivity index (χ3n) is 8.25. The molecule has 2 aromatic carbocycles. The van der Waals surface area contributed by atoms with E-state index in [1.165, 1.54) is 17.1 Å². The van der Waals surface area contributed by atoms with Gasteiger partial charge < -0.3 is 21.1 Å². The summed E-state index contributed by atoms with van der Waals surface area (Å²) in [6.07, 6.45) is 7.91. The SMILES string of the molecule is CCCC1(NC[C@@H](O)[C@H](Cc2ccccc2)NC(=O)c2cc(NCC)cc(N3CCCCS3(=O)=O)c2)CCCC1.Cl. The zero-order chi connectivity index (χ0) is 28.6. The third kappa shape index (κ3) is 8.83. The lowest BCUT2D eigenvalue weighted by Crippen LogP contribution is -2.53. The fourth-order valence-corrected chi connectivity index (χ4v) is 7.81. The summed E-state index contributed by atoms with van der Waals surface area (Å²) in [6.45, 7) is 5.59. The number of anilines is 2. The molecule has 41 heavy (non-hydrogen) atoms. The van der Waals surface area contributed by atoms with Crippen molar-refractivity contribution >= 4 is 39.7 Å². The first-order chi connectivity index (χ1) is 19.2. The third-order valence-corrected chi connectivity index (χ3v) is 10.1. The smallest absolute Gasteiger partial charge is 0.251 e. The van der Waals surface area contributed by atoms with Gasteiger partial charge in [-0.15, -0.1) is 12.4 Å². The van der Waals surface area contributed by atoms with Crippen LogP contribution in [-0.2, 0) is 16.4 Å². The van der Waals surface area contributed by atoms with Crippen molar-refractivity contribution < 1.29 is 18.3 Å². The number of sulfonamides is 1. The Bertz CT molecular complexity index is 1220. The van der Waals surface area contributed by atoms with Crippen LogP contribution >= 0.6 is 12.4 Å². The van der Waals surface area contributed by atoms with Crippen molar-refractivity contribution in [3.63, 3.8) is 0 Å². The second-order valence-electron chi connectivity index (χ2n) is 11.3. The van der Waals surface area contributed by atoms with Gasteiger partial charge >= 0.3 is 0 Å². The van der Waals surface area contributed by atoms with E-state index < -0.39 is 22.2 Å². The van der Waals surface area contributed by atoms with Gasteiger partial charge in [-0.3, -0.25) is 9.10 Å². The lowest BCUT2D eigenvalue weighted by molar-refractivity contribution is 0.0805. The number of aliphatic hydroxyl groups is 1. The predicted molar refractivity (Wildman–Crippen MR) is 170 cm³/mol. The number of nitrogens with one attached hydrogen (secondary N) is 3. The van der Waals surface area contributed by atoms with Crippen molar-refractivity contribution in [2.75, 3.05) is 35.0 Å². The molecule has 1 saturated heterocycles. The summed E-state index contributed by atoms with van der Waals surface area (Å²) in [5, 5.41) is 21.4. The topological polar surface area (TPSA) is 111 Å². The van der Waals surface area contributed by atoms with Gasteiger partial charge in [-0.05, 0) is 69.2 Å². The Balaban J connectivity index is 0.00000462. The van der Waals surface area contributed by atoms with Gasteiger partial charge in [0, 0.05) is 36.4 Å². The van der Waals surface area contributed by atoms with Crippen LogP contribution in [0.1, 0.15) is 81.1 Å². The highest BCUT2D eigenvalue weighted by Crippen LogP contribution is 2.33. The fourth-order valence-electron chi connectivity index (χ4n) is 6.18. The molecule has 10 heteroatoms. The molecule has 2 atom stereocenters. The van der Waals surface area contributed by atoms with E-state index in [-0.39, 0.29) is 29.6 Å². The first-order valence-electron chi connectivity index (χ1n) is 14.9. The summed E-state index contributed by atoms with van der Waals surface area (Å²) in [4.78, 5) is 13.7. The Morgan fingerprint density at radius 2 is 1.78 bits per heavy atom. The van der Waals surface area contributed by atoms with Crippen molar-refractivity contribution in [1.29, 1.82) is 0 Å². The lowest BCUT2D eigenvalue weighted by Gasteiger charge is -2.33.